The third kappa shape index (κ3) is 4.63. The second kappa shape index (κ2) is 9.86. The van der Waals surface area contributed by atoms with Gasteiger partial charge in [-0.2, -0.15) is 0 Å². The number of aryl methyl sites for hydroxylation is 1. The lowest BCUT2D eigenvalue weighted by atomic mass is 10.1. The van der Waals surface area contributed by atoms with E-state index in [1.807, 2.05) is 37.4 Å². The Morgan fingerprint density at radius 2 is 2.00 bits per heavy atom. The van der Waals surface area contributed by atoms with Crippen LogP contribution in [0.25, 0.3) is 0 Å². The Hall–Kier alpha value is -3.74. The summed E-state index contributed by atoms with van der Waals surface area (Å²) in [5.74, 6) is 1.43. The fraction of sp³-hybridized carbons (Fsp3) is 0.357. The van der Waals surface area contributed by atoms with Crippen molar-refractivity contribution in [2.24, 2.45) is 0 Å². The van der Waals surface area contributed by atoms with Gasteiger partial charge in [0, 0.05) is 41.5 Å². The van der Waals surface area contributed by atoms with Crippen molar-refractivity contribution in [2.75, 3.05) is 30.0 Å². The van der Waals surface area contributed by atoms with Gasteiger partial charge in [-0.25, -0.2) is 0 Å². The van der Waals surface area contributed by atoms with Crippen LogP contribution >= 0.6 is 0 Å². The number of hydrogen-bond acceptors (Lipinski definition) is 7. The smallest absolute Gasteiger partial charge is 0.306 e. The minimum absolute atomic E-state index is 0.0118. The summed E-state index contributed by atoms with van der Waals surface area (Å²) >= 11 is 0. The second-order valence-corrected chi connectivity index (χ2v) is 8.91. The van der Waals surface area contributed by atoms with E-state index in [0.29, 0.717) is 19.6 Å². The van der Waals surface area contributed by atoms with Gasteiger partial charge in [0.1, 0.15) is 24.7 Å². The molecule has 0 radical (unpaired) electrons. The van der Waals surface area contributed by atoms with Gasteiger partial charge >= 0.3 is 5.97 Å². The van der Waals surface area contributed by atoms with Gasteiger partial charge in [-0.15, -0.1) is 0 Å². The third-order valence-electron chi connectivity index (χ3n) is 6.39. The van der Waals surface area contributed by atoms with E-state index in [1.165, 1.54) is 0 Å². The number of carbonyl (C=O) groups excluding carboxylic acids is 1. The Morgan fingerprint density at radius 3 is 2.77 bits per heavy atom. The first-order chi connectivity index (χ1) is 17.1. The van der Waals surface area contributed by atoms with Crippen LogP contribution in [0.4, 0.5) is 17.1 Å². The van der Waals surface area contributed by atoms with Crippen LogP contribution in [0.1, 0.15) is 55.7 Å². The zero-order valence-corrected chi connectivity index (χ0v) is 20.4. The van der Waals surface area contributed by atoms with E-state index in [2.05, 4.69) is 46.4 Å². The fourth-order valence-electron chi connectivity index (χ4n) is 4.61. The highest BCUT2D eigenvalue weighted by atomic mass is 16.6. The van der Waals surface area contributed by atoms with Crippen molar-refractivity contribution in [1.29, 1.82) is 0 Å². The number of nitrogens with zero attached hydrogens (tertiary/aromatic N) is 2. The highest BCUT2D eigenvalue weighted by Gasteiger charge is 2.30. The van der Waals surface area contributed by atoms with Crippen molar-refractivity contribution in [3.8, 4) is 11.5 Å². The largest absolute Gasteiger partial charge is 0.489 e. The maximum absolute atomic E-state index is 11.7. The molecule has 1 aromatic heterocycles. The van der Waals surface area contributed by atoms with Gasteiger partial charge in [-0.1, -0.05) is 26.0 Å². The van der Waals surface area contributed by atoms with E-state index in [9.17, 15) is 4.79 Å². The Morgan fingerprint density at radius 1 is 1.11 bits per heavy atom. The molecule has 3 heterocycles. The lowest BCUT2D eigenvalue weighted by Gasteiger charge is -2.26. The van der Waals surface area contributed by atoms with Crippen LogP contribution in [0.15, 0.2) is 54.7 Å². The number of esters is 1. The molecule has 1 N–H and O–H groups in total. The van der Waals surface area contributed by atoms with Gasteiger partial charge in [0.15, 0.2) is 6.10 Å². The number of nitrogens with one attached hydrogen (secondary N) is 1. The molecule has 0 saturated heterocycles. The summed E-state index contributed by atoms with van der Waals surface area (Å²) in [6, 6.07) is 16.4. The molecule has 2 aromatic carbocycles. The molecule has 0 saturated carbocycles. The molecule has 2 atom stereocenters. The van der Waals surface area contributed by atoms with E-state index in [0.717, 1.165) is 58.3 Å². The number of para-hydroxylation sites is 1. The fourth-order valence-corrected chi connectivity index (χ4v) is 4.61. The molecule has 0 amide bonds. The van der Waals surface area contributed by atoms with Crippen LogP contribution in [-0.2, 0) is 9.53 Å². The van der Waals surface area contributed by atoms with Gasteiger partial charge in [-0.3, -0.25) is 9.78 Å². The minimum atomic E-state index is -0.342. The van der Waals surface area contributed by atoms with Crippen LogP contribution in [0.5, 0.6) is 11.5 Å². The van der Waals surface area contributed by atoms with Crippen LogP contribution in [0.3, 0.4) is 0 Å². The normalized spacial score (nSPS) is 17.7. The van der Waals surface area contributed by atoms with E-state index in [4.69, 9.17) is 14.2 Å². The monoisotopic (exact) mass is 473 g/mol. The summed E-state index contributed by atoms with van der Waals surface area (Å²) in [6.07, 6.45) is 2.93. The lowest BCUT2D eigenvalue weighted by Crippen LogP contribution is -2.18. The lowest BCUT2D eigenvalue weighted by molar-refractivity contribution is -0.149. The Kier molecular flexibility index (Phi) is 6.49. The van der Waals surface area contributed by atoms with Crippen molar-refractivity contribution >= 4 is 23.0 Å². The first kappa shape index (κ1) is 23.0. The summed E-state index contributed by atoms with van der Waals surface area (Å²) in [5, 5.41) is 3.60. The van der Waals surface area contributed by atoms with Gasteiger partial charge in [0.25, 0.3) is 0 Å². The van der Waals surface area contributed by atoms with E-state index >= 15 is 0 Å². The molecule has 7 nitrogen and oxygen atoms in total. The van der Waals surface area contributed by atoms with E-state index in [1.54, 1.807) is 6.92 Å². The van der Waals surface area contributed by atoms with Crippen molar-refractivity contribution in [3.05, 3.63) is 71.5 Å². The SMILES string of the molecule is CCCN(c1ccc(C)nc1)c1cccc2c1OC[C@H]2Nc1ccc2c(c1)OC[C@H]2OC(=O)CC. The number of pyridine rings is 1. The predicted molar refractivity (Wildman–Crippen MR) is 136 cm³/mol. The van der Waals surface area contributed by atoms with Crippen LogP contribution in [0, 0.1) is 6.92 Å². The molecule has 7 heteroatoms. The molecule has 2 aliphatic rings. The summed E-state index contributed by atoms with van der Waals surface area (Å²) < 4.78 is 17.5. The van der Waals surface area contributed by atoms with Crippen LogP contribution < -0.4 is 19.7 Å². The average molecular weight is 474 g/mol. The van der Waals surface area contributed by atoms with Crippen LogP contribution in [0.2, 0.25) is 0 Å². The highest BCUT2D eigenvalue weighted by Crippen LogP contribution is 2.44. The number of rotatable bonds is 8. The van der Waals surface area contributed by atoms with Crippen molar-refractivity contribution in [3.63, 3.8) is 0 Å². The molecule has 2 aliphatic heterocycles. The molecule has 0 unspecified atom stereocenters. The third-order valence-corrected chi connectivity index (χ3v) is 6.39. The second-order valence-electron chi connectivity index (χ2n) is 8.91. The first-order valence-corrected chi connectivity index (χ1v) is 12.3. The summed E-state index contributed by atoms with van der Waals surface area (Å²) in [5.41, 5.74) is 6.07. The topological polar surface area (TPSA) is 72.9 Å². The first-order valence-electron chi connectivity index (χ1n) is 12.3. The van der Waals surface area contributed by atoms with Crippen molar-refractivity contribution < 1.29 is 19.0 Å². The average Bonchev–Trinajstić information content (AvgIpc) is 3.47. The molecular weight excluding hydrogens is 442 g/mol. The zero-order chi connectivity index (χ0) is 24.4. The number of benzene rings is 2. The summed E-state index contributed by atoms with van der Waals surface area (Å²) in [6.45, 7) is 7.71. The minimum Gasteiger partial charge on any atom is -0.489 e. The zero-order valence-electron chi connectivity index (χ0n) is 20.4. The van der Waals surface area contributed by atoms with Crippen molar-refractivity contribution in [2.45, 2.75) is 45.8 Å². The van der Waals surface area contributed by atoms with Gasteiger partial charge < -0.3 is 24.4 Å². The quantitative estimate of drug-likeness (QED) is 0.410. The number of anilines is 3. The predicted octanol–water partition coefficient (Wildman–Crippen LogP) is 5.87. The Labute approximate surface area is 206 Å². The van der Waals surface area contributed by atoms with Crippen LogP contribution in [-0.4, -0.2) is 30.7 Å². The molecule has 5 rings (SSSR count). The molecule has 35 heavy (non-hydrogen) atoms. The molecule has 182 valence electrons. The van der Waals surface area contributed by atoms with Crippen molar-refractivity contribution in [1.82, 2.24) is 4.98 Å². The molecule has 3 aromatic rings. The number of ether oxygens (including phenoxy) is 3. The maximum Gasteiger partial charge on any atom is 0.306 e. The number of aromatic nitrogens is 1. The number of hydrogen-bond donors (Lipinski definition) is 1. The van der Waals surface area contributed by atoms with Gasteiger partial charge in [-0.05, 0) is 43.7 Å². The number of fused-ring (bicyclic) bond motifs is 2. The molecule has 0 aliphatic carbocycles. The molecule has 0 spiro atoms. The highest BCUT2D eigenvalue weighted by molar-refractivity contribution is 5.73. The summed E-state index contributed by atoms with van der Waals surface area (Å²) in [7, 11) is 0. The Bertz CT molecular complexity index is 1210. The molecule has 0 fully saturated rings. The molecule has 0 bridgehead atoms. The van der Waals surface area contributed by atoms with E-state index in [-0.39, 0.29) is 18.1 Å². The van der Waals surface area contributed by atoms with Gasteiger partial charge in [0.05, 0.1) is 23.6 Å². The number of carbonyl (C=O) groups is 1. The van der Waals surface area contributed by atoms with E-state index < -0.39 is 0 Å². The summed E-state index contributed by atoms with van der Waals surface area (Å²) in [4.78, 5) is 18.5. The Balaban J connectivity index is 1.37. The standard InChI is InChI=1S/C28H31N3O4/c1-4-13-31(20-11-9-18(3)29-15-20)24-8-6-7-21-23(16-34-28(21)24)30-19-10-12-22-25(14-19)33-17-26(22)35-27(32)5-2/h6-12,14-15,23,26,30H,4-5,13,16-17H2,1-3H3/t23-,26-/m1/s1. The maximum atomic E-state index is 11.7. The van der Waals surface area contributed by atoms with Gasteiger partial charge in [0.2, 0.25) is 0 Å². The molecular formula is C28H31N3O4.